The molecule has 0 fully saturated rings. The molecule has 0 aliphatic heterocycles. The molecule has 0 saturated carbocycles. The van der Waals surface area contributed by atoms with Crippen molar-refractivity contribution >= 4 is 5.97 Å². The molecule has 0 saturated heterocycles. The van der Waals surface area contributed by atoms with Crippen LogP contribution in [0, 0.1) is 6.92 Å². The van der Waals surface area contributed by atoms with Crippen LogP contribution in [0.4, 0.5) is 13.2 Å². The molecule has 0 radical (unpaired) electrons. The lowest BCUT2D eigenvalue weighted by atomic mass is 10.0. The van der Waals surface area contributed by atoms with Crippen LogP contribution < -0.4 is 4.74 Å². The SMILES string of the molecule is Cc1ccc(-c2ccc(C(=O)O)c(OC(F)(F)F)c2)cn1. The Morgan fingerprint density at radius 3 is 2.38 bits per heavy atom. The fourth-order valence-electron chi connectivity index (χ4n) is 1.73. The zero-order chi connectivity index (χ0) is 15.6. The minimum atomic E-state index is -4.96. The van der Waals surface area contributed by atoms with Crippen molar-refractivity contribution in [3.63, 3.8) is 0 Å². The summed E-state index contributed by atoms with van der Waals surface area (Å²) in [6, 6.07) is 6.88. The third-order valence-corrected chi connectivity index (χ3v) is 2.68. The van der Waals surface area contributed by atoms with Crippen LogP contribution in [0.15, 0.2) is 36.5 Å². The molecule has 0 bridgehead atoms. The Labute approximate surface area is 117 Å². The molecule has 21 heavy (non-hydrogen) atoms. The standard InChI is InChI=1S/C14H10F3NO3/c1-8-2-3-10(7-18-8)9-4-5-11(13(19)20)12(6-9)21-14(15,16)17/h2-7H,1H3,(H,19,20). The molecular formula is C14H10F3NO3. The van der Waals surface area contributed by atoms with E-state index >= 15 is 0 Å². The quantitative estimate of drug-likeness (QED) is 0.939. The number of pyridine rings is 1. The number of aromatic nitrogens is 1. The number of carboxylic acids is 1. The van der Waals surface area contributed by atoms with Gasteiger partial charge >= 0.3 is 12.3 Å². The molecule has 0 aliphatic rings. The Morgan fingerprint density at radius 2 is 1.86 bits per heavy atom. The van der Waals surface area contributed by atoms with Gasteiger partial charge in [0, 0.05) is 17.5 Å². The molecule has 0 spiro atoms. The van der Waals surface area contributed by atoms with Crippen molar-refractivity contribution in [3.05, 3.63) is 47.8 Å². The number of aryl methyl sites for hydroxylation is 1. The molecule has 1 aromatic carbocycles. The van der Waals surface area contributed by atoms with E-state index in [1.807, 2.05) is 0 Å². The van der Waals surface area contributed by atoms with Crippen LogP contribution in [0.5, 0.6) is 5.75 Å². The molecule has 0 aliphatic carbocycles. The number of ether oxygens (including phenoxy) is 1. The number of hydrogen-bond acceptors (Lipinski definition) is 3. The fraction of sp³-hybridized carbons (Fsp3) is 0.143. The van der Waals surface area contributed by atoms with Crippen molar-refractivity contribution in [1.29, 1.82) is 0 Å². The highest BCUT2D eigenvalue weighted by molar-refractivity contribution is 5.92. The van der Waals surface area contributed by atoms with Gasteiger partial charge in [-0.25, -0.2) is 4.79 Å². The summed E-state index contributed by atoms with van der Waals surface area (Å²) >= 11 is 0. The number of hydrogen-bond donors (Lipinski definition) is 1. The summed E-state index contributed by atoms with van der Waals surface area (Å²) in [7, 11) is 0. The van der Waals surface area contributed by atoms with Gasteiger partial charge in [-0.15, -0.1) is 13.2 Å². The van der Waals surface area contributed by atoms with Gasteiger partial charge in [-0.05, 0) is 30.7 Å². The number of benzene rings is 1. The third kappa shape index (κ3) is 3.71. The van der Waals surface area contributed by atoms with Gasteiger partial charge in [-0.1, -0.05) is 12.1 Å². The highest BCUT2D eigenvalue weighted by Gasteiger charge is 2.33. The Bertz CT molecular complexity index is 666. The van der Waals surface area contributed by atoms with Gasteiger partial charge in [-0.2, -0.15) is 0 Å². The topological polar surface area (TPSA) is 59.4 Å². The summed E-state index contributed by atoms with van der Waals surface area (Å²) in [5.41, 5.74) is 1.14. The lowest BCUT2D eigenvalue weighted by Crippen LogP contribution is -2.19. The van der Waals surface area contributed by atoms with Gasteiger partial charge in [0.05, 0.1) is 0 Å². The average molecular weight is 297 g/mol. The van der Waals surface area contributed by atoms with Crippen LogP contribution in [0.1, 0.15) is 16.1 Å². The minimum Gasteiger partial charge on any atom is -0.478 e. The molecule has 1 heterocycles. The van der Waals surface area contributed by atoms with Gasteiger partial charge in [0.25, 0.3) is 0 Å². The van der Waals surface area contributed by atoms with E-state index in [0.29, 0.717) is 11.1 Å². The smallest absolute Gasteiger partial charge is 0.478 e. The van der Waals surface area contributed by atoms with Crippen LogP contribution in [-0.4, -0.2) is 22.4 Å². The summed E-state index contributed by atoms with van der Waals surface area (Å²) < 4.78 is 40.8. The maximum atomic E-state index is 12.3. The number of carbonyl (C=O) groups is 1. The number of rotatable bonds is 3. The number of halogens is 3. The van der Waals surface area contributed by atoms with Crippen molar-refractivity contribution in [2.45, 2.75) is 13.3 Å². The van der Waals surface area contributed by atoms with Crippen LogP contribution >= 0.6 is 0 Å². The second-order valence-corrected chi connectivity index (χ2v) is 4.25. The Morgan fingerprint density at radius 1 is 1.19 bits per heavy atom. The molecule has 2 rings (SSSR count). The predicted molar refractivity (Wildman–Crippen MR) is 68.1 cm³/mol. The van der Waals surface area contributed by atoms with E-state index in [4.69, 9.17) is 5.11 Å². The largest absolute Gasteiger partial charge is 0.573 e. The predicted octanol–water partition coefficient (Wildman–Crippen LogP) is 3.65. The zero-order valence-electron chi connectivity index (χ0n) is 10.8. The van der Waals surface area contributed by atoms with Crippen molar-refractivity contribution in [2.75, 3.05) is 0 Å². The Hall–Kier alpha value is -2.57. The first kappa shape index (κ1) is 14.8. The van der Waals surface area contributed by atoms with E-state index in [0.717, 1.165) is 17.8 Å². The normalized spacial score (nSPS) is 11.2. The van der Waals surface area contributed by atoms with Gasteiger partial charge in [-0.3, -0.25) is 4.98 Å². The summed E-state index contributed by atoms with van der Waals surface area (Å²) in [5, 5.41) is 8.90. The zero-order valence-corrected chi connectivity index (χ0v) is 10.8. The Kier molecular flexibility index (Phi) is 3.84. The van der Waals surface area contributed by atoms with Crippen LogP contribution in [0.3, 0.4) is 0 Å². The molecule has 4 nitrogen and oxygen atoms in total. The van der Waals surface area contributed by atoms with E-state index in [1.54, 1.807) is 19.1 Å². The van der Waals surface area contributed by atoms with E-state index < -0.39 is 23.6 Å². The maximum Gasteiger partial charge on any atom is 0.573 e. The second-order valence-electron chi connectivity index (χ2n) is 4.25. The summed E-state index contributed by atoms with van der Waals surface area (Å²) in [6.45, 7) is 1.77. The number of alkyl halides is 3. The molecule has 0 amide bonds. The second kappa shape index (κ2) is 5.43. The van der Waals surface area contributed by atoms with Gasteiger partial charge in [0.2, 0.25) is 0 Å². The van der Waals surface area contributed by atoms with Crippen molar-refractivity contribution < 1.29 is 27.8 Å². The van der Waals surface area contributed by atoms with E-state index in [-0.39, 0.29) is 0 Å². The Balaban J connectivity index is 2.48. The van der Waals surface area contributed by atoms with Crippen molar-refractivity contribution in [3.8, 4) is 16.9 Å². The van der Waals surface area contributed by atoms with E-state index in [2.05, 4.69) is 9.72 Å². The number of aromatic carboxylic acids is 1. The number of nitrogens with zero attached hydrogens (tertiary/aromatic N) is 1. The van der Waals surface area contributed by atoms with E-state index in [9.17, 15) is 18.0 Å². The van der Waals surface area contributed by atoms with Crippen LogP contribution in [0.25, 0.3) is 11.1 Å². The fourth-order valence-corrected chi connectivity index (χ4v) is 1.73. The van der Waals surface area contributed by atoms with Crippen LogP contribution in [-0.2, 0) is 0 Å². The molecule has 7 heteroatoms. The first-order valence-electron chi connectivity index (χ1n) is 5.82. The third-order valence-electron chi connectivity index (χ3n) is 2.68. The van der Waals surface area contributed by atoms with Crippen molar-refractivity contribution in [1.82, 2.24) is 4.98 Å². The van der Waals surface area contributed by atoms with Crippen molar-refractivity contribution in [2.24, 2.45) is 0 Å². The lowest BCUT2D eigenvalue weighted by molar-refractivity contribution is -0.274. The van der Waals surface area contributed by atoms with E-state index in [1.165, 1.54) is 12.3 Å². The molecule has 0 unspecified atom stereocenters. The highest BCUT2D eigenvalue weighted by Crippen LogP contribution is 2.31. The minimum absolute atomic E-state index is 0.381. The summed E-state index contributed by atoms with van der Waals surface area (Å²) in [6.07, 6.45) is -3.48. The van der Waals surface area contributed by atoms with Gasteiger partial charge in [0.1, 0.15) is 11.3 Å². The number of carboxylic acid groups (broad SMARTS) is 1. The molecule has 2 aromatic rings. The maximum absolute atomic E-state index is 12.3. The molecule has 1 aromatic heterocycles. The monoisotopic (exact) mass is 297 g/mol. The lowest BCUT2D eigenvalue weighted by Gasteiger charge is -2.13. The van der Waals surface area contributed by atoms with Crippen LogP contribution in [0.2, 0.25) is 0 Å². The highest BCUT2D eigenvalue weighted by atomic mass is 19.4. The molecule has 0 atom stereocenters. The van der Waals surface area contributed by atoms with Gasteiger partial charge < -0.3 is 9.84 Å². The summed E-state index contributed by atoms with van der Waals surface area (Å²) in [5.74, 6) is -2.25. The average Bonchev–Trinajstić information content (AvgIpc) is 2.37. The molecular weight excluding hydrogens is 287 g/mol. The van der Waals surface area contributed by atoms with Gasteiger partial charge in [0.15, 0.2) is 0 Å². The molecule has 1 N–H and O–H groups in total. The first-order valence-corrected chi connectivity index (χ1v) is 5.82. The first-order chi connectivity index (χ1) is 9.76. The summed E-state index contributed by atoms with van der Waals surface area (Å²) in [4.78, 5) is 15.0. The molecule has 110 valence electrons.